The Hall–Kier alpha value is -3.71. The molecule has 0 aliphatic carbocycles. The third-order valence-corrected chi connectivity index (χ3v) is 6.03. The van der Waals surface area contributed by atoms with Gasteiger partial charge in [-0.2, -0.15) is 0 Å². The average Bonchev–Trinajstić information content (AvgIpc) is 3.39. The molecule has 2 N–H and O–H groups in total. The van der Waals surface area contributed by atoms with Gasteiger partial charge in [0.1, 0.15) is 23.0 Å². The Labute approximate surface area is 195 Å². The lowest BCUT2D eigenvalue weighted by Crippen LogP contribution is -2.29. The number of methoxy groups -OCH3 is 1. The van der Waals surface area contributed by atoms with E-state index in [1.165, 1.54) is 23.3 Å². The fraction of sp³-hybridized carbons (Fsp3) is 0.200. The van der Waals surface area contributed by atoms with Crippen LogP contribution in [0.3, 0.4) is 0 Å². The number of halogens is 1. The van der Waals surface area contributed by atoms with Crippen LogP contribution in [0, 0.1) is 13.8 Å². The number of aliphatic hydroxyl groups is 1. The summed E-state index contributed by atoms with van der Waals surface area (Å²) >= 11 is 6.13. The molecule has 0 radical (unpaired) electrons. The Morgan fingerprint density at radius 2 is 1.91 bits per heavy atom. The zero-order chi connectivity index (χ0) is 23.9. The minimum Gasteiger partial charge on any atom is -0.507 e. The molecule has 3 aromatic rings. The monoisotopic (exact) mass is 467 g/mol. The molecule has 0 saturated carbocycles. The van der Waals surface area contributed by atoms with E-state index in [9.17, 15) is 19.8 Å². The van der Waals surface area contributed by atoms with Crippen molar-refractivity contribution >= 4 is 29.1 Å². The molecule has 1 aliphatic heterocycles. The van der Waals surface area contributed by atoms with E-state index in [0.717, 1.165) is 5.56 Å². The number of phenols is 1. The molecule has 1 unspecified atom stereocenters. The van der Waals surface area contributed by atoms with Crippen LogP contribution in [0.15, 0.2) is 58.7 Å². The molecule has 170 valence electrons. The zero-order valence-corrected chi connectivity index (χ0v) is 19.0. The summed E-state index contributed by atoms with van der Waals surface area (Å²) in [5.41, 5.74) is 2.25. The third kappa shape index (κ3) is 3.96. The van der Waals surface area contributed by atoms with Crippen molar-refractivity contribution in [2.75, 3.05) is 7.11 Å². The Kier molecular flexibility index (Phi) is 5.91. The summed E-state index contributed by atoms with van der Waals surface area (Å²) in [6.45, 7) is 3.61. The highest BCUT2D eigenvalue weighted by molar-refractivity contribution is 6.46. The van der Waals surface area contributed by atoms with E-state index >= 15 is 0 Å². The Morgan fingerprint density at radius 1 is 1.15 bits per heavy atom. The van der Waals surface area contributed by atoms with Gasteiger partial charge >= 0.3 is 0 Å². The standard InChI is InChI=1S/C25H22ClNO6/c1-13-10-20(32-3)14(2)9-17(13)23(29)21-22(15-6-7-19(28)18(26)11-15)27(25(31)24(21)30)12-16-5-4-8-33-16/h4-11,22,28-29H,12H2,1-3H3/b23-21+. The van der Waals surface area contributed by atoms with Crippen molar-refractivity contribution in [1.29, 1.82) is 0 Å². The average molecular weight is 468 g/mol. The van der Waals surface area contributed by atoms with E-state index in [1.807, 2.05) is 6.92 Å². The second-order valence-electron chi connectivity index (χ2n) is 7.85. The predicted molar refractivity (Wildman–Crippen MR) is 122 cm³/mol. The molecule has 8 heteroatoms. The molecule has 2 aromatic carbocycles. The van der Waals surface area contributed by atoms with Crippen molar-refractivity contribution in [3.63, 3.8) is 0 Å². The molecule has 0 spiro atoms. The maximum atomic E-state index is 13.2. The number of carbonyl (C=O) groups excluding carboxylic acids is 2. The fourth-order valence-electron chi connectivity index (χ4n) is 4.06. The first-order chi connectivity index (χ1) is 15.7. The van der Waals surface area contributed by atoms with Gasteiger partial charge in [-0.3, -0.25) is 9.59 Å². The van der Waals surface area contributed by atoms with Crippen LogP contribution >= 0.6 is 11.6 Å². The van der Waals surface area contributed by atoms with Crippen LogP contribution in [-0.2, 0) is 16.1 Å². The number of furan rings is 1. The number of amides is 1. The lowest BCUT2D eigenvalue weighted by Gasteiger charge is -2.25. The van der Waals surface area contributed by atoms with E-state index in [1.54, 1.807) is 44.4 Å². The first-order valence-electron chi connectivity index (χ1n) is 10.2. The fourth-order valence-corrected chi connectivity index (χ4v) is 4.25. The van der Waals surface area contributed by atoms with Gasteiger partial charge in [-0.1, -0.05) is 17.7 Å². The number of aromatic hydroxyl groups is 1. The molecule has 2 heterocycles. The van der Waals surface area contributed by atoms with Crippen LogP contribution in [0.5, 0.6) is 11.5 Å². The summed E-state index contributed by atoms with van der Waals surface area (Å²) in [6, 6.07) is 10.3. The number of carbonyl (C=O) groups is 2. The van der Waals surface area contributed by atoms with E-state index in [-0.39, 0.29) is 28.6 Å². The number of Topliss-reactive ketones (excluding diaryl/α,β-unsaturated/α-hetero) is 1. The van der Waals surface area contributed by atoms with Gasteiger partial charge in [0.2, 0.25) is 0 Å². The Balaban J connectivity index is 1.92. The van der Waals surface area contributed by atoms with Gasteiger partial charge in [-0.15, -0.1) is 0 Å². The smallest absolute Gasteiger partial charge is 0.296 e. The molecule has 1 atom stereocenters. The van der Waals surface area contributed by atoms with E-state index in [4.69, 9.17) is 20.8 Å². The van der Waals surface area contributed by atoms with Crippen molar-refractivity contribution in [1.82, 2.24) is 4.90 Å². The van der Waals surface area contributed by atoms with Crippen LogP contribution in [0.4, 0.5) is 0 Å². The second-order valence-corrected chi connectivity index (χ2v) is 8.26. The molecule has 1 amide bonds. The molecule has 1 aliphatic rings. The number of aliphatic hydroxyl groups excluding tert-OH is 1. The number of benzene rings is 2. The number of hydrogen-bond acceptors (Lipinski definition) is 6. The maximum absolute atomic E-state index is 13.2. The normalized spacial score (nSPS) is 17.6. The van der Waals surface area contributed by atoms with Gasteiger partial charge in [0, 0.05) is 5.56 Å². The molecule has 33 heavy (non-hydrogen) atoms. The maximum Gasteiger partial charge on any atom is 0.296 e. The highest BCUT2D eigenvalue weighted by Crippen LogP contribution is 2.42. The highest BCUT2D eigenvalue weighted by Gasteiger charge is 2.46. The van der Waals surface area contributed by atoms with Crippen LogP contribution in [0.25, 0.3) is 5.76 Å². The number of likely N-dealkylation sites (tertiary alicyclic amines) is 1. The number of phenolic OH excluding ortho intramolecular Hbond substituents is 1. The number of nitrogens with zero attached hydrogens (tertiary/aromatic N) is 1. The zero-order valence-electron chi connectivity index (χ0n) is 18.3. The van der Waals surface area contributed by atoms with Gasteiger partial charge in [0.25, 0.3) is 11.7 Å². The SMILES string of the molecule is COc1cc(C)c(/C(O)=C2\C(=O)C(=O)N(Cc3ccco3)C2c2ccc(O)c(Cl)c2)cc1C. The summed E-state index contributed by atoms with van der Waals surface area (Å²) in [5.74, 6) is -0.906. The van der Waals surface area contributed by atoms with Gasteiger partial charge < -0.3 is 24.3 Å². The summed E-state index contributed by atoms with van der Waals surface area (Å²) in [7, 11) is 1.55. The molecular weight excluding hydrogens is 446 g/mol. The highest BCUT2D eigenvalue weighted by atomic mass is 35.5. The van der Waals surface area contributed by atoms with Crippen LogP contribution in [-0.4, -0.2) is 33.9 Å². The van der Waals surface area contributed by atoms with Crippen LogP contribution < -0.4 is 4.74 Å². The predicted octanol–water partition coefficient (Wildman–Crippen LogP) is 4.89. The number of ketones is 1. The summed E-state index contributed by atoms with van der Waals surface area (Å²) in [4.78, 5) is 27.5. The lowest BCUT2D eigenvalue weighted by molar-refractivity contribution is -0.140. The molecular formula is C25H22ClNO6. The molecule has 0 bridgehead atoms. The minimum atomic E-state index is -0.935. The van der Waals surface area contributed by atoms with Gasteiger partial charge in [0.15, 0.2) is 0 Å². The van der Waals surface area contributed by atoms with Crippen molar-refractivity contribution in [2.24, 2.45) is 0 Å². The number of ether oxygens (including phenoxy) is 1. The number of hydrogen-bond donors (Lipinski definition) is 2. The largest absolute Gasteiger partial charge is 0.507 e. The number of aryl methyl sites for hydroxylation is 2. The summed E-state index contributed by atoms with van der Waals surface area (Å²) < 4.78 is 10.7. The van der Waals surface area contributed by atoms with Crippen molar-refractivity contribution in [3.8, 4) is 11.5 Å². The van der Waals surface area contributed by atoms with E-state index in [2.05, 4.69) is 0 Å². The molecule has 1 fully saturated rings. The molecule has 7 nitrogen and oxygen atoms in total. The topological polar surface area (TPSA) is 100 Å². The van der Waals surface area contributed by atoms with Gasteiger partial charge in [-0.25, -0.2) is 0 Å². The lowest BCUT2D eigenvalue weighted by atomic mass is 9.93. The van der Waals surface area contributed by atoms with Crippen molar-refractivity contribution in [2.45, 2.75) is 26.4 Å². The van der Waals surface area contributed by atoms with Crippen molar-refractivity contribution in [3.05, 3.63) is 87.3 Å². The quantitative estimate of drug-likeness (QED) is 0.315. The summed E-state index contributed by atoms with van der Waals surface area (Å²) in [6.07, 6.45) is 1.47. The first kappa shape index (κ1) is 22.5. The number of rotatable bonds is 5. The Morgan fingerprint density at radius 3 is 2.55 bits per heavy atom. The molecule has 1 aromatic heterocycles. The van der Waals surface area contributed by atoms with E-state index in [0.29, 0.717) is 28.2 Å². The van der Waals surface area contributed by atoms with Crippen LogP contribution in [0.1, 0.15) is 34.1 Å². The summed E-state index contributed by atoms with van der Waals surface area (Å²) in [5, 5.41) is 21.2. The van der Waals surface area contributed by atoms with Gasteiger partial charge in [-0.05, 0) is 66.9 Å². The first-order valence-corrected chi connectivity index (χ1v) is 10.6. The molecule has 4 rings (SSSR count). The van der Waals surface area contributed by atoms with Crippen LogP contribution in [0.2, 0.25) is 5.02 Å². The second kappa shape index (κ2) is 8.67. The van der Waals surface area contributed by atoms with Gasteiger partial charge in [0.05, 0.1) is 36.6 Å². The van der Waals surface area contributed by atoms with Crippen molar-refractivity contribution < 1.29 is 29.0 Å². The Bertz CT molecular complexity index is 1280. The third-order valence-electron chi connectivity index (χ3n) is 5.73. The minimum absolute atomic E-state index is 0.0120. The molecule has 1 saturated heterocycles. The van der Waals surface area contributed by atoms with E-state index < -0.39 is 17.7 Å².